The van der Waals surface area contributed by atoms with E-state index in [1.807, 2.05) is 6.92 Å². The molecule has 1 aliphatic carbocycles. The molecular formula is C17H17NO4S. The third kappa shape index (κ3) is 2.34. The summed E-state index contributed by atoms with van der Waals surface area (Å²) < 4.78 is 29.6. The van der Waals surface area contributed by atoms with Gasteiger partial charge in [-0.2, -0.15) is 0 Å². The van der Waals surface area contributed by atoms with Gasteiger partial charge in [-0.05, 0) is 51.0 Å². The van der Waals surface area contributed by atoms with E-state index in [4.69, 9.17) is 4.42 Å². The highest BCUT2D eigenvalue weighted by atomic mass is 32.2. The van der Waals surface area contributed by atoms with E-state index >= 15 is 0 Å². The van der Waals surface area contributed by atoms with Gasteiger partial charge in [-0.1, -0.05) is 0 Å². The predicted octanol–water partition coefficient (Wildman–Crippen LogP) is 2.93. The molecule has 5 nitrogen and oxygen atoms in total. The number of aryl methyl sites for hydroxylation is 1. The van der Waals surface area contributed by atoms with E-state index in [9.17, 15) is 13.2 Å². The zero-order chi connectivity index (χ0) is 17.1. The molecule has 1 aromatic rings. The molecule has 0 aromatic heterocycles. The van der Waals surface area contributed by atoms with Crippen molar-refractivity contribution in [1.82, 2.24) is 4.98 Å². The highest BCUT2D eigenvalue weighted by Gasteiger charge is 2.21. The maximum Gasteiger partial charge on any atom is 0.188 e. The first-order valence-corrected chi connectivity index (χ1v) is 9.05. The molecule has 0 radical (unpaired) electrons. The van der Waals surface area contributed by atoms with Crippen molar-refractivity contribution >= 4 is 20.9 Å². The summed E-state index contributed by atoms with van der Waals surface area (Å²) in [4.78, 5) is 17.0. The monoisotopic (exact) mass is 331 g/mol. The van der Waals surface area contributed by atoms with Crippen LogP contribution in [0.2, 0.25) is 0 Å². The molecule has 120 valence electrons. The van der Waals surface area contributed by atoms with Crippen LogP contribution in [0.1, 0.15) is 22.3 Å². The second kappa shape index (κ2) is 4.89. The second-order valence-electron chi connectivity index (χ2n) is 5.95. The molecule has 0 bridgehead atoms. The molecule has 1 heterocycles. The molecule has 0 amide bonds. The highest BCUT2D eigenvalue weighted by Crippen LogP contribution is 2.32. The lowest BCUT2D eigenvalue weighted by Gasteiger charge is -2.14. The highest BCUT2D eigenvalue weighted by molar-refractivity contribution is 7.90. The van der Waals surface area contributed by atoms with Crippen LogP contribution < -0.4 is 5.43 Å². The normalized spacial score (nSPS) is 12.2. The van der Waals surface area contributed by atoms with Crippen molar-refractivity contribution in [3.8, 4) is 11.5 Å². The summed E-state index contributed by atoms with van der Waals surface area (Å²) >= 11 is 0. The van der Waals surface area contributed by atoms with Crippen molar-refractivity contribution in [2.75, 3.05) is 6.26 Å². The largest absolute Gasteiger partial charge is 0.452 e. The van der Waals surface area contributed by atoms with Crippen molar-refractivity contribution in [2.45, 2.75) is 32.6 Å². The SMILES string of the molecule is Cc1cc2oc3c(C)c(=O)c(C)c(C)c-3nc2cc1S(C)(=O)=O. The first-order chi connectivity index (χ1) is 10.6. The molecule has 2 aliphatic rings. The van der Waals surface area contributed by atoms with Gasteiger partial charge in [0.2, 0.25) is 0 Å². The van der Waals surface area contributed by atoms with Crippen LogP contribution in [0.4, 0.5) is 0 Å². The average Bonchev–Trinajstić information content (AvgIpc) is 2.47. The standard InChI is InChI=1S/C17H17NO4S/c1-8-6-13-12(7-14(8)23(5,20)21)18-15-9(2)10(3)16(19)11(4)17(15)22-13/h6-7H,1-5H3. The van der Waals surface area contributed by atoms with Crippen molar-refractivity contribution in [3.63, 3.8) is 0 Å². The van der Waals surface area contributed by atoms with Crippen molar-refractivity contribution in [2.24, 2.45) is 0 Å². The Bertz CT molecular complexity index is 1090. The van der Waals surface area contributed by atoms with Crippen LogP contribution in [0.5, 0.6) is 0 Å². The van der Waals surface area contributed by atoms with Crippen LogP contribution >= 0.6 is 0 Å². The van der Waals surface area contributed by atoms with E-state index in [0.29, 0.717) is 39.2 Å². The number of benzene rings is 2. The number of fused-ring (bicyclic) bond motifs is 2. The van der Waals surface area contributed by atoms with Gasteiger partial charge in [0.1, 0.15) is 11.2 Å². The van der Waals surface area contributed by atoms with Gasteiger partial charge in [0.15, 0.2) is 26.6 Å². The summed E-state index contributed by atoms with van der Waals surface area (Å²) in [5, 5.41) is 0. The fourth-order valence-electron chi connectivity index (χ4n) is 2.79. The number of aromatic nitrogens is 1. The van der Waals surface area contributed by atoms with Gasteiger partial charge in [0.05, 0.1) is 4.90 Å². The lowest BCUT2D eigenvalue weighted by atomic mass is 9.99. The maximum absolute atomic E-state index is 12.2. The van der Waals surface area contributed by atoms with Crippen LogP contribution in [0.3, 0.4) is 0 Å². The van der Waals surface area contributed by atoms with Crippen molar-refractivity contribution in [1.29, 1.82) is 0 Å². The predicted molar refractivity (Wildman–Crippen MR) is 89.0 cm³/mol. The molecular weight excluding hydrogens is 314 g/mol. The summed E-state index contributed by atoms with van der Waals surface area (Å²) in [6, 6.07) is 3.18. The number of nitrogens with zero attached hydrogens (tertiary/aromatic N) is 1. The average molecular weight is 331 g/mol. The number of sulfone groups is 1. The molecule has 0 unspecified atom stereocenters. The van der Waals surface area contributed by atoms with Gasteiger partial charge in [-0.15, -0.1) is 0 Å². The summed E-state index contributed by atoms with van der Waals surface area (Å²) in [6.07, 6.45) is 1.17. The number of rotatable bonds is 1. The van der Waals surface area contributed by atoms with Crippen molar-refractivity contribution in [3.05, 3.63) is 44.6 Å². The minimum absolute atomic E-state index is 0.0515. The lowest BCUT2D eigenvalue weighted by Crippen LogP contribution is -2.14. The van der Waals surface area contributed by atoms with Gasteiger partial charge in [0, 0.05) is 17.4 Å². The van der Waals surface area contributed by atoms with Gasteiger partial charge < -0.3 is 4.42 Å². The molecule has 0 spiro atoms. The molecule has 0 N–H and O–H groups in total. The summed E-state index contributed by atoms with van der Waals surface area (Å²) in [5.74, 6) is 0.456. The Morgan fingerprint density at radius 2 is 1.65 bits per heavy atom. The minimum Gasteiger partial charge on any atom is -0.452 e. The van der Waals surface area contributed by atoms with E-state index in [1.165, 1.54) is 12.3 Å². The van der Waals surface area contributed by atoms with Crippen LogP contribution in [0, 0.1) is 27.7 Å². The lowest BCUT2D eigenvalue weighted by molar-refractivity contribution is 0.599. The van der Waals surface area contributed by atoms with Crippen LogP contribution in [-0.4, -0.2) is 19.7 Å². The topological polar surface area (TPSA) is 77.2 Å². The Kier molecular flexibility index (Phi) is 3.33. The third-order valence-corrected chi connectivity index (χ3v) is 5.49. The molecule has 3 rings (SSSR count). The summed E-state index contributed by atoms with van der Waals surface area (Å²) in [7, 11) is -3.34. The fraction of sp³-hybridized carbons (Fsp3) is 0.294. The van der Waals surface area contributed by atoms with Crippen LogP contribution in [0.25, 0.3) is 22.6 Å². The van der Waals surface area contributed by atoms with E-state index in [1.54, 1.807) is 26.8 Å². The minimum atomic E-state index is -3.34. The van der Waals surface area contributed by atoms with E-state index in [0.717, 1.165) is 5.56 Å². The molecule has 0 saturated heterocycles. The Balaban J connectivity index is 2.52. The number of hydrogen-bond acceptors (Lipinski definition) is 5. The molecule has 0 saturated carbocycles. The van der Waals surface area contributed by atoms with E-state index in [2.05, 4.69) is 4.98 Å². The molecule has 1 aliphatic heterocycles. The Labute approximate surface area is 134 Å². The van der Waals surface area contributed by atoms with Crippen LogP contribution in [0.15, 0.2) is 26.2 Å². The van der Waals surface area contributed by atoms with Gasteiger partial charge in [-0.25, -0.2) is 13.4 Å². The quantitative estimate of drug-likeness (QED) is 0.641. The summed E-state index contributed by atoms with van der Waals surface area (Å²) in [5.41, 5.74) is 3.96. The molecule has 23 heavy (non-hydrogen) atoms. The zero-order valence-electron chi connectivity index (χ0n) is 13.6. The fourth-order valence-corrected chi connectivity index (χ4v) is 3.76. The maximum atomic E-state index is 12.2. The first kappa shape index (κ1) is 15.7. The number of hydrogen-bond donors (Lipinski definition) is 0. The van der Waals surface area contributed by atoms with Gasteiger partial charge in [-0.3, -0.25) is 4.79 Å². The third-order valence-electron chi connectivity index (χ3n) is 4.25. The van der Waals surface area contributed by atoms with E-state index in [-0.39, 0.29) is 10.3 Å². The zero-order valence-corrected chi connectivity index (χ0v) is 14.5. The van der Waals surface area contributed by atoms with E-state index < -0.39 is 9.84 Å². The van der Waals surface area contributed by atoms with Gasteiger partial charge in [0.25, 0.3) is 0 Å². The smallest absolute Gasteiger partial charge is 0.188 e. The second-order valence-corrected chi connectivity index (χ2v) is 7.94. The van der Waals surface area contributed by atoms with Crippen LogP contribution in [-0.2, 0) is 9.84 Å². The molecule has 0 atom stereocenters. The first-order valence-electron chi connectivity index (χ1n) is 7.16. The Morgan fingerprint density at radius 3 is 2.26 bits per heavy atom. The van der Waals surface area contributed by atoms with Gasteiger partial charge >= 0.3 is 0 Å². The molecule has 6 heteroatoms. The Morgan fingerprint density at radius 1 is 1.00 bits per heavy atom. The Hall–Kier alpha value is -2.21. The molecule has 1 aromatic carbocycles. The van der Waals surface area contributed by atoms with Crippen molar-refractivity contribution < 1.29 is 12.8 Å². The summed E-state index contributed by atoms with van der Waals surface area (Å²) in [6.45, 7) is 7.00. The molecule has 0 fully saturated rings.